The lowest BCUT2D eigenvalue weighted by Crippen LogP contribution is -2.41. The molecule has 0 aromatic carbocycles. The van der Waals surface area contributed by atoms with E-state index in [1.54, 1.807) is 11.8 Å². The maximum absolute atomic E-state index is 11.8. The highest BCUT2D eigenvalue weighted by Crippen LogP contribution is 2.23. The molecular formula is C14H26N2O3. The molecule has 1 rings (SSSR count). The van der Waals surface area contributed by atoms with Crippen LogP contribution in [0.25, 0.3) is 0 Å². The fourth-order valence-electron chi connectivity index (χ4n) is 2.49. The van der Waals surface area contributed by atoms with Gasteiger partial charge >= 0.3 is 12.0 Å². The van der Waals surface area contributed by atoms with Crippen LogP contribution in [0.1, 0.15) is 45.4 Å². The van der Waals surface area contributed by atoms with Crippen LogP contribution in [-0.4, -0.2) is 42.1 Å². The number of hydrogen-bond donors (Lipinski definition) is 2. The first-order chi connectivity index (χ1) is 9.00. The third-order valence-electron chi connectivity index (χ3n) is 3.88. The van der Waals surface area contributed by atoms with E-state index in [-0.39, 0.29) is 6.03 Å². The first-order valence-electron chi connectivity index (χ1n) is 7.22. The van der Waals surface area contributed by atoms with Crippen LogP contribution in [0.3, 0.4) is 0 Å². The molecule has 1 aliphatic rings. The molecule has 0 heterocycles. The van der Waals surface area contributed by atoms with Crippen molar-refractivity contribution in [1.29, 1.82) is 0 Å². The van der Waals surface area contributed by atoms with E-state index < -0.39 is 11.9 Å². The van der Waals surface area contributed by atoms with E-state index in [1.807, 2.05) is 7.05 Å². The molecule has 0 aromatic rings. The number of carboxylic acid groups (broad SMARTS) is 1. The van der Waals surface area contributed by atoms with Gasteiger partial charge in [-0.15, -0.1) is 0 Å². The number of carboxylic acids is 1. The van der Waals surface area contributed by atoms with Crippen LogP contribution in [0.15, 0.2) is 0 Å². The molecule has 1 atom stereocenters. The van der Waals surface area contributed by atoms with Gasteiger partial charge in [-0.1, -0.05) is 26.2 Å². The van der Waals surface area contributed by atoms with E-state index >= 15 is 0 Å². The van der Waals surface area contributed by atoms with E-state index in [4.69, 9.17) is 5.11 Å². The predicted molar refractivity (Wildman–Crippen MR) is 74.0 cm³/mol. The molecule has 2 amide bonds. The summed E-state index contributed by atoms with van der Waals surface area (Å²) in [6.45, 7) is 2.88. The first kappa shape index (κ1) is 15.8. The van der Waals surface area contributed by atoms with Gasteiger partial charge < -0.3 is 15.3 Å². The van der Waals surface area contributed by atoms with Gasteiger partial charge in [0.1, 0.15) is 0 Å². The third-order valence-corrected chi connectivity index (χ3v) is 3.88. The van der Waals surface area contributed by atoms with Crippen LogP contribution in [0.2, 0.25) is 0 Å². The van der Waals surface area contributed by atoms with Gasteiger partial charge in [0.25, 0.3) is 0 Å². The Morgan fingerprint density at radius 1 is 1.32 bits per heavy atom. The molecule has 5 nitrogen and oxygen atoms in total. The van der Waals surface area contributed by atoms with E-state index in [0.29, 0.717) is 18.9 Å². The molecule has 19 heavy (non-hydrogen) atoms. The maximum atomic E-state index is 11.8. The second-order valence-corrected chi connectivity index (χ2v) is 5.64. The summed E-state index contributed by atoms with van der Waals surface area (Å²) in [6.07, 6.45) is 6.77. The summed E-state index contributed by atoms with van der Waals surface area (Å²) >= 11 is 0. The van der Waals surface area contributed by atoms with Crippen molar-refractivity contribution in [2.45, 2.75) is 45.4 Å². The minimum Gasteiger partial charge on any atom is -0.481 e. The van der Waals surface area contributed by atoms with Crippen molar-refractivity contribution in [3.63, 3.8) is 0 Å². The van der Waals surface area contributed by atoms with Gasteiger partial charge in [0.2, 0.25) is 0 Å². The SMILES string of the molecule is CC(CCNC(=O)N(C)CC1CCCCC1)C(=O)O. The lowest BCUT2D eigenvalue weighted by atomic mass is 9.89. The molecule has 0 radical (unpaired) electrons. The van der Waals surface area contributed by atoms with Crippen molar-refractivity contribution < 1.29 is 14.7 Å². The number of rotatable bonds is 6. The number of hydrogen-bond acceptors (Lipinski definition) is 2. The highest BCUT2D eigenvalue weighted by molar-refractivity contribution is 5.74. The van der Waals surface area contributed by atoms with Crippen molar-refractivity contribution >= 4 is 12.0 Å². The van der Waals surface area contributed by atoms with E-state index in [9.17, 15) is 9.59 Å². The number of nitrogens with zero attached hydrogens (tertiary/aromatic N) is 1. The number of carbonyl (C=O) groups is 2. The van der Waals surface area contributed by atoms with E-state index in [1.165, 1.54) is 32.1 Å². The predicted octanol–water partition coefficient (Wildman–Crippen LogP) is 2.32. The molecule has 2 N–H and O–H groups in total. The lowest BCUT2D eigenvalue weighted by molar-refractivity contribution is -0.141. The zero-order chi connectivity index (χ0) is 14.3. The highest BCUT2D eigenvalue weighted by Gasteiger charge is 2.18. The number of amides is 2. The minimum absolute atomic E-state index is 0.0943. The molecule has 1 aliphatic carbocycles. The topological polar surface area (TPSA) is 69.6 Å². The molecule has 1 saturated carbocycles. The number of carbonyl (C=O) groups excluding carboxylic acids is 1. The Bertz CT molecular complexity index is 301. The Morgan fingerprint density at radius 3 is 2.53 bits per heavy atom. The smallest absolute Gasteiger partial charge is 0.317 e. The van der Waals surface area contributed by atoms with Crippen LogP contribution >= 0.6 is 0 Å². The summed E-state index contributed by atoms with van der Waals surface area (Å²) in [5, 5.41) is 11.5. The van der Waals surface area contributed by atoms with Crippen LogP contribution in [0.5, 0.6) is 0 Å². The zero-order valence-corrected chi connectivity index (χ0v) is 12.0. The summed E-state index contributed by atoms with van der Waals surface area (Å²) in [5.41, 5.74) is 0. The summed E-state index contributed by atoms with van der Waals surface area (Å²) in [6, 6.07) is -0.0943. The largest absolute Gasteiger partial charge is 0.481 e. The Kier molecular flexibility index (Phi) is 6.67. The second kappa shape index (κ2) is 8.02. The van der Waals surface area contributed by atoms with E-state index in [0.717, 1.165) is 6.54 Å². The number of aliphatic carboxylic acids is 1. The molecule has 0 saturated heterocycles. The van der Waals surface area contributed by atoms with Gasteiger partial charge in [0, 0.05) is 20.1 Å². The minimum atomic E-state index is -0.815. The standard InChI is InChI=1S/C14H26N2O3/c1-11(13(17)18)8-9-15-14(19)16(2)10-12-6-4-3-5-7-12/h11-12H,3-10H2,1-2H3,(H,15,19)(H,17,18). The van der Waals surface area contributed by atoms with Gasteiger partial charge in [-0.3, -0.25) is 4.79 Å². The third kappa shape index (κ3) is 5.94. The van der Waals surface area contributed by atoms with Gasteiger partial charge in [-0.2, -0.15) is 0 Å². The summed E-state index contributed by atoms with van der Waals surface area (Å²) in [7, 11) is 1.81. The van der Waals surface area contributed by atoms with Crippen LogP contribution < -0.4 is 5.32 Å². The maximum Gasteiger partial charge on any atom is 0.317 e. The fraction of sp³-hybridized carbons (Fsp3) is 0.857. The zero-order valence-electron chi connectivity index (χ0n) is 12.0. The molecular weight excluding hydrogens is 244 g/mol. The van der Waals surface area contributed by atoms with Gasteiger partial charge in [-0.25, -0.2) is 4.79 Å². The molecule has 110 valence electrons. The molecule has 1 unspecified atom stereocenters. The molecule has 1 fully saturated rings. The fourth-order valence-corrected chi connectivity index (χ4v) is 2.49. The van der Waals surface area contributed by atoms with Crippen LogP contribution in [0, 0.1) is 11.8 Å². The quantitative estimate of drug-likeness (QED) is 0.778. The summed E-state index contributed by atoms with van der Waals surface area (Å²) in [5.74, 6) is -0.601. The van der Waals surface area contributed by atoms with Gasteiger partial charge in [0.05, 0.1) is 5.92 Å². The Balaban J connectivity index is 2.19. The Hall–Kier alpha value is -1.26. The molecule has 0 bridgehead atoms. The van der Waals surface area contributed by atoms with Gasteiger partial charge in [0.15, 0.2) is 0 Å². The average molecular weight is 270 g/mol. The monoisotopic (exact) mass is 270 g/mol. The van der Waals surface area contributed by atoms with Crippen molar-refractivity contribution in [2.75, 3.05) is 20.1 Å². The first-order valence-corrected chi connectivity index (χ1v) is 7.22. The summed E-state index contributed by atoms with van der Waals surface area (Å²) in [4.78, 5) is 24.2. The summed E-state index contributed by atoms with van der Waals surface area (Å²) < 4.78 is 0. The normalized spacial score (nSPS) is 17.8. The van der Waals surface area contributed by atoms with Crippen LogP contribution in [-0.2, 0) is 4.79 Å². The van der Waals surface area contributed by atoms with Crippen molar-refractivity contribution in [2.24, 2.45) is 11.8 Å². The second-order valence-electron chi connectivity index (χ2n) is 5.64. The molecule has 0 aromatic heterocycles. The van der Waals surface area contributed by atoms with E-state index in [2.05, 4.69) is 5.32 Å². The average Bonchev–Trinajstić information content (AvgIpc) is 2.39. The van der Waals surface area contributed by atoms with Crippen molar-refractivity contribution in [3.8, 4) is 0 Å². The lowest BCUT2D eigenvalue weighted by Gasteiger charge is -2.27. The number of nitrogens with one attached hydrogen (secondary N) is 1. The number of urea groups is 1. The van der Waals surface area contributed by atoms with Crippen LogP contribution in [0.4, 0.5) is 4.79 Å². The molecule has 0 spiro atoms. The Morgan fingerprint density at radius 2 is 1.95 bits per heavy atom. The molecule has 5 heteroatoms. The highest BCUT2D eigenvalue weighted by atomic mass is 16.4. The van der Waals surface area contributed by atoms with Crippen molar-refractivity contribution in [1.82, 2.24) is 10.2 Å². The molecule has 0 aliphatic heterocycles. The van der Waals surface area contributed by atoms with Gasteiger partial charge in [-0.05, 0) is 25.2 Å². The Labute approximate surface area is 115 Å². The van der Waals surface area contributed by atoms with Crippen molar-refractivity contribution in [3.05, 3.63) is 0 Å².